The van der Waals surface area contributed by atoms with E-state index in [1.165, 1.54) is 32.5 Å². The van der Waals surface area contributed by atoms with Gasteiger partial charge in [0, 0.05) is 45.8 Å². The first-order valence-corrected chi connectivity index (χ1v) is 11.0. The molecular weight excluding hydrogens is 441 g/mol. The number of likely N-dealkylation sites (tertiary alicyclic amines) is 1. The molecule has 4 rings (SSSR count). The van der Waals surface area contributed by atoms with Crippen LogP contribution in [0.1, 0.15) is 26.7 Å². The van der Waals surface area contributed by atoms with Gasteiger partial charge in [-0.3, -0.25) is 0 Å². The van der Waals surface area contributed by atoms with Gasteiger partial charge in [0.25, 0.3) is 0 Å². The fourth-order valence-corrected chi connectivity index (χ4v) is 4.87. The van der Waals surface area contributed by atoms with Crippen molar-refractivity contribution < 1.29 is 27.8 Å². The summed E-state index contributed by atoms with van der Waals surface area (Å²) >= 11 is 0. The SMILES string of the molecule is COCC1CN(CC(C)C)CC12CCN(c1ccc3nncn3n1)CC2.O=C(O)C(F)(F)F. The third-order valence-electron chi connectivity index (χ3n) is 6.35. The number of carboxylic acid groups (broad SMARTS) is 1. The molecule has 1 unspecified atom stereocenters. The average Bonchev–Trinajstić information content (AvgIpc) is 3.32. The zero-order chi connectivity index (χ0) is 24.2. The van der Waals surface area contributed by atoms with Crippen molar-refractivity contribution in [2.24, 2.45) is 17.3 Å². The third-order valence-corrected chi connectivity index (χ3v) is 6.35. The monoisotopic (exact) mass is 472 g/mol. The van der Waals surface area contributed by atoms with Crippen LogP contribution < -0.4 is 4.90 Å². The molecule has 2 aliphatic heterocycles. The molecule has 0 aromatic carbocycles. The zero-order valence-corrected chi connectivity index (χ0v) is 19.1. The van der Waals surface area contributed by atoms with Gasteiger partial charge in [-0.05, 0) is 36.3 Å². The Labute approximate surface area is 190 Å². The van der Waals surface area contributed by atoms with Gasteiger partial charge in [0.05, 0.1) is 6.61 Å². The Kier molecular flexibility index (Phi) is 7.78. The second-order valence-electron chi connectivity index (χ2n) is 9.22. The van der Waals surface area contributed by atoms with Crippen molar-refractivity contribution in [2.75, 3.05) is 51.3 Å². The molecule has 33 heavy (non-hydrogen) atoms. The third kappa shape index (κ3) is 6.11. The number of aromatic nitrogens is 4. The average molecular weight is 473 g/mol. The van der Waals surface area contributed by atoms with Crippen LogP contribution in [0, 0.1) is 17.3 Å². The van der Waals surface area contributed by atoms with Crippen LogP contribution in [0.5, 0.6) is 0 Å². The molecule has 1 atom stereocenters. The highest BCUT2D eigenvalue weighted by molar-refractivity contribution is 5.73. The lowest BCUT2D eigenvalue weighted by Gasteiger charge is -2.43. The van der Waals surface area contributed by atoms with E-state index >= 15 is 0 Å². The largest absolute Gasteiger partial charge is 0.490 e. The molecule has 184 valence electrons. The molecule has 0 amide bonds. The maximum Gasteiger partial charge on any atom is 0.490 e. The summed E-state index contributed by atoms with van der Waals surface area (Å²) in [6.45, 7) is 11.2. The molecule has 0 radical (unpaired) electrons. The number of aliphatic carboxylic acids is 1. The summed E-state index contributed by atoms with van der Waals surface area (Å²) in [5.74, 6) is -0.380. The van der Waals surface area contributed by atoms with Gasteiger partial charge in [0.15, 0.2) is 5.65 Å². The number of anilines is 1. The van der Waals surface area contributed by atoms with Crippen molar-refractivity contribution in [2.45, 2.75) is 32.9 Å². The Bertz CT molecular complexity index is 927. The molecule has 0 saturated carbocycles. The van der Waals surface area contributed by atoms with Gasteiger partial charge in [-0.25, -0.2) is 4.79 Å². The lowest BCUT2D eigenvalue weighted by molar-refractivity contribution is -0.192. The number of methoxy groups -OCH3 is 1. The highest BCUT2D eigenvalue weighted by Crippen LogP contribution is 2.45. The quantitative estimate of drug-likeness (QED) is 0.710. The molecule has 0 aliphatic carbocycles. The molecule has 2 fully saturated rings. The van der Waals surface area contributed by atoms with E-state index in [1.807, 2.05) is 13.2 Å². The molecule has 0 bridgehead atoms. The zero-order valence-electron chi connectivity index (χ0n) is 19.1. The van der Waals surface area contributed by atoms with Crippen molar-refractivity contribution >= 4 is 17.4 Å². The molecule has 9 nitrogen and oxygen atoms in total. The maximum atomic E-state index is 10.6. The predicted octanol–water partition coefficient (Wildman–Crippen LogP) is 2.58. The van der Waals surface area contributed by atoms with E-state index in [0.717, 1.165) is 31.2 Å². The number of piperidine rings is 1. The topological polar surface area (TPSA) is 96.1 Å². The Morgan fingerprint density at radius 3 is 2.55 bits per heavy atom. The van der Waals surface area contributed by atoms with Crippen LogP contribution in [0.3, 0.4) is 0 Å². The molecular formula is C21H31F3N6O3. The van der Waals surface area contributed by atoms with Crippen LogP contribution in [0.25, 0.3) is 5.65 Å². The number of nitrogens with zero attached hydrogens (tertiary/aromatic N) is 6. The number of ether oxygens (including phenoxy) is 1. The predicted molar refractivity (Wildman–Crippen MR) is 115 cm³/mol. The van der Waals surface area contributed by atoms with Crippen LogP contribution in [0.15, 0.2) is 18.5 Å². The Hall–Kier alpha value is -2.47. The van der Waals surface area contributed by atoms with E-state index < -0.39 is 12.1 Å². The number of carboxylic acids is 1. The van der Waals surface area contributed by atoms with Crippen molar-refractivity contribution in [1.82, 2.24) is 24.7 Å². The van der Waals surface area contributed by atoms with Gasteiger partial charge >= 0.3 is 12.1 Å². The minimum absolute atomic E-state index is 0.391. The van der Waals surface area contributed by atoms with Crippen molar-refractivity contribution in [3.8, 4) is 0 Å². The summed E-state index contributed by atoms with van der Waals surface area (Å²) in [6.07, 6.45) is -1.01. The minimum Gasteiger partial charge on any atom is -0.475 e. The standard InChI is InChI=1S/C19H30N6O.C2HF3O2/c1-15(2)10-23-11-16(12-26-3)19(13-23)6-8-24(9-7-19)18-5-4-17-21-20-14-25(17)22-18;3-2(4,5)1(6)7/h4-5,14-16H,6-13H2,1-3H3;(H,6,7). The summed E-state index contributed by atoms with van der Waals surface area (Å²) in [5.41, 5.74) is 1.18. The van der Waals surface area contributed by atoms with Crippen LogP contribution in [-0.4, -0.2) is 88.4 Å². The number of alkyl halides is 3. The van der Waals surface area contributed by atoms with Gasteiger partial charge in [-0.1, -0.05) is 13.8 Å². The number of carbonyl (C=O) groups is 1. The van der Waals surface area contributed by atoms with Crippen LogP contribution in [0.2, 0.25) is 0 Å². The van der Waals surface area contributed by atoms with E-state index in [0.29, 0.717) is 17.3 Å². The fraction of sp³-hybridized carbons (Fsp3) is 0.714. The molecule has 1 N–H and O–H groups in total. The number of halogens is 3. The first-order chi connectivity index (χ1) is 15.5. The fourth-order valence-electron chi connectivity index (χ4n) is 4.87. The number of rotatable bonds is 5. The van der Waals surface area contributed by atoms with Crippen LogP contribution in [-0.2, 0) is 9.53 Å². The minimum atomic E-state index is -5.08. The van der Waals surface area contributed by atoms with E-state index in [-0.39, 0.29) is 0 Å². The lowest BCUT2D eigenvalue weighted by atomic mass is 9.71. The molecule has 12 heteroatoms. The molecule has 1 spiro atoms. The summed E-state index contributed by atoms with van der Waals surface area (Å²) in [7, 11) is 1.84. The second-order valence-corrected chi connectivity index (χ2v) is 9.22. The van der Waals surface area contributed by atoms with E-state index in [1.54, 1.807) is 10.8 Å². The smallest absolute Gasteiger partial charge is 0.475 e. The summed E-state index contributed by atoms with van der Waals surface area (Å²) in [4.78, 5) is 14.0. The number of hydrogen-bond donors (Lipinski definition) is 1. The van der Waals surface area contributed by atoms with Crippen molar-refractivity contribution in [1.29, 1.82) is 0 Å². The summed E-state index contributed by atoms with van der Waals surface area (Å²) < 4.78 is 39.1. The molecule has 2 aliphatic rings. The van der Waals surface area contributed by atoms with Gasteiger partial charge < -0.3 is 19.6 Å². The van der Waals surface area contributed by atoms with E-state index in [9.17, 15) is 13.2 Å². The first-order valence-electron chi connectivity index (χ1n) is 11.0. The highest BCUT2D eigenvalue weighted by atomic mass is 19.4. The Balaban J connectivity index is 0.000000383. The van der Waals surface area contributed by atoms with E-state index in [2.05, 4.69) is 45.0 Å². The highest BCUT2D eigenvalue weighted by Gasteiger charge is 2.48. The molecule has 4 heterocycles. The Morgan fingerprint density at radius 2 is 1.97 bits per heavy atom. The van der Waals surface area contributed by atoms with Crippen molar-refractivity contribution in [3.05, 3.63) is 18.5 Å². The Morgan fingerprint density at radius 1 is 1.30 bits per heavy atom. The normalized spacial score (nSPS) is 20.9. The molecule has 2 saturated heterocycles. The van der Waals surface area contributed by atoms with Gasteiger partial charge in [0.2, 0.25) is 0 Å². The first kappa shape index (κ1) is 25.2. The van der Waals surface area contributed by atoms with E-state index in [4.69, 9.17) is 14.6 Å². The van der Waals surface area contributed by atoms with Gasteiger partial charge in [-0.2, -0.15) is 17.7 Å². The number of fused-ring (bicyclic) bond motifs is 1. The lowest BCUT2D eigenvalue weighted by Crippen LogP contribution is -2.45. The van der Waals surface area contributed by atoms with Gasteiger partial charge in [-0.15, -0.1) is 15.3 Å². The molecule has 2 aromatic rings. The van der Waals surface area contributed by atoms with Crippen molar-refractivity contribution in [3.63, 3.8) is 0 Å². The molecule has 2 aromatic heterocycles. The van der Waals surface area contributed by atoms with Gasteiger partial charge in [0.1, 0.15) is 12.1 Å². The summed E-state index contributed by atoms with van der Waals surface area (Å²) in [5, 5.41) is 19.7. The van der Waals surface area contributed by atoms with Crippen LogP contribution in [0.4, 0.5) is 19.0 Å². The second kappa shape index (κ2) is 10.2. The van der Waals surface area contributed by atoms with Crippen LogP contribution >= 0.6 is 0 Å². The maximum absolute atomic E-state index is 10.6. The number of hydrogen-bond acceptors (Lipinski definition) is 7. The summed E-state index contributed by atoms with van der Waals surface area (Å²) in [6, 6.07) is 4.06.